The van der Waals surface area contributed by atoms with Gasteiger partial charge in [-0.05, 0) is 43.4 Å². The highest BCUT2D eigenvalue weighted by Crippen LogP contribution is 2.42. The number of aromatic nitrogens is 2. The van der Waals surface area contributed by atoms with Crippen molar-refractivity contribution >= 4 is 12.1 Å². The third kappa shape index (κ3) is 1.99. The monoisotopic (exact) mass is 254 g/mol. The molecule has 0 aromatic carbocycles. The molecule has 19 heavy (non-hydrogen) atoms. The van der Waals surface area contributed by atoms with Gasteiger partial charge in [-0.3, -0.25) is 14.6 Å². The lowest BCUT2D eigenvalue weighted by Gasteiger charge is -1.99. The Morgan fingerprint density at radius 2 is 2.26 bits per heavy atom. The van der Waals surface area contributed by atoms with Crippen molar-refractivity contribution in [1.82, 2.24) is 9.97 Å². The molecule has 1 aliphatic carbocycles. The largest absolute Gasteiger partial charge is 0.355 e. The van der Waals surface area contributed by atoms with Crippen LogP contribution < -0.4 is 0 Å². The molecule has 0 atom stereocenters. The summed E-state index contributed by atoms with van der Waals surface area (Å²) in [7, 11) is 0. The number of aromatic amines is 1. The molecule has 1 aliphatic rings. The van der Waals surface area contributed by atoms with Gasteiger partial charge in [-0.15, -0.1) is 0 Å². The van der Waals surface area contributed by atoms with E-state index in [-0.39, 0.29) is 5.78 Å². The third-order valence-corrected chi connectivity index (χ3v) is 3.58. The smallest absolute Gasteiger partial charge is 0.211 e. The number of ketones is 1. The van der Waals surface area contributed by atoms with Gasteiger partial charge in [0.2, 0.25) is 5.78 Å². The highest BCUT2D eigenvalue weighted by molar-refractivity contribution is 6.09. The molecule has 2 heterocycles. The number of H-pyrrole nitrogens is 1. The van der Waals surface area contributed by atoms with E-state index in [0.717, 1.165) is 30.4 Å². The lowest BCUT2D eigenvalue weighted by atomic mass is 10.0. The molecule has 0 radical (unpaired) electrons. The molecule has 1 fully saturated rings. The summed E-state index contributed by atoms with van der Waals surface area (Å²) in [6.07, 6.45) is 6.19. The van der Waals surface area contributed by atoms with E-state index in [1.807, 2.05) is 6.92 Å². The number of carbonyl (C=O) groups is 2. The molecule has 0 bridgehead atoms. The average molecular weight is 254 g/mol. The van der Waals surface area contributed by atoms with Crippen LogP contribution in [-0.2, 0) is 0 Å². The predicted octanol–water partition coefficient (Wildman–Crippen LogP) is 2.64. The van der Waals surface area contributed by atoms with Crippen LogP contribution in [0.15, 0.2) is 24.5 Å². The van der Waals surface area contributed by atoms with Gasteiger partial charge < -0.3 is 4.98 Å². The van der Waals surface area contributed by atoms with Gasteiger partial charge in [0.1, 0.15) is 0 Å². The van der Waals surface area contributed by atoms with Crippen LogP contribution in [0.2, 0.25) is 0 Å². The fourth-order valence-corrected chi connectivity index (χ4v) is 2.35. The molecule has 96 valence electrons. The molecule has 0 unspecified atom stereocenters. The normalized spacial score (nSPS) is 14.4. The number of hydrogen-bond donors (Lipinski definition) is 1. The number of pyridine rings is 1. The Bertz CT molecular complexity index is 640. The topological polar surface area (TPSA) is 62.8 Å². The van der Waals surface area contributed by atoms with Gasteiger partial charge in [-0.1, -0.05) is 0 Å². The first-order valence-electron chi connectivity index (χ1n) is 6.34. The molecule has 0 aliphatic heterocycles. The first-order valence-corrected chi connectivity index (χ1v) is 6.34. The highest BCUT2D eigenvalue weighted by Gasteiger charge is 2.31. The molecule has 2 aromatic rings. The van der Waals surface area contributed by atoms with E-state index in [0.29, 0.717) is 22.7 Å². The van der Waals surface area contributed by atoms with Crippen LogP contribution in [0.4, 0.5) is 0 Å². The first-order chi connectivity index (χ1) is 9.22. The Kier molecular flexibility index (Phi) is 2.78. The third-order valence-electron chi connectivity index (χ3n) is 3.58. The van der Waals surface area contributed by atoms with Gasteiger partial charge in [0.25, 0.3) is 0 Å². The van der Waals surface area contributed by atoms with Gasteiger partial charge in [-0.2, -0.15) is 0 Å². The van der Waals surface area contributed by atoms with E-state index in [1.165, 1.54) is 0 Å². The second kappa shape index (κ2) is 4.46. The van der Waals surface area contributed by atoms with Crippen molar-refractivity contribution in [3.05, 3.63) is 52.6 Å². The lowest BCUT2D eigenvalue weighted by molar-refractivity contribution is 0.103. The maximum Gasteiger partial charge on any atom is 0.211 e. The van der Waals surface area contributed by atoms with Crippen molar-refractivity contribution in [2.75, 3.05) is 0 Å². The molecule has 4 nitrogen and oxygen atoms in total. The second-order valence-corrected chi connectivity index (χ2v) is 4.92. The maximum absolute atomic E-state index is 12.4. The Labute approximate surface area is 110 Å². The fourth-order valence-electron chi connectivity index (χ4n) is 2.35. The summed E-state index contributed by atoms with van der Waals surface area (Å²) in [5.74, 6) is 0.301. The molecule has 2 aromatic heterocycles. The maximum atomic E-state index is 12.4. The average Bonchev–Trinajstić information content (AvgIpc) is 3.23. The standard InChI is InChI=1S/C15H14N2O2/c1-9-12(8-18)14(10-4-5-10)17-13(9)15(19)11-3-2-6-16-7-11/h2-3,6-8,10,17H,4-5H2,1H3. The van der Waals surface area contributed by atoms with Crippen LogP contribution in [0.5, 0.6) is 0 Å². The van der Waals surface area contributed by atoms with E-state index in [4.69, 9.17) is 0 Å². The summed E-state index contributed by atoms with van der Waals surface area (Å²) >= 11 is 0. The summed E-state index contributed by atoms with van der Waals surface area (Å²) in [5.41, 5.74) is 3.35. The van der Waals surface area contributed by atoms with Crippen molar-refractivity contribution in [2.45, 2.75) is 25.7 Å². The molecule has 1 saturated carbocycles. The van der Waals surface area contributed by atoms with Gasteiger partial charge in [0.05, 0.1) is 5.69 Å². The Hall–Kier alpha value is -2.23. The van der Waals surface area contributed by atoms with E-state index in [2.05, 4.69) is 9.97 Å². The minimum Gasteiger partial charge on any atom is -0.355 e. The number of rotatable bonds is 4. The second-order valence-electron chi connectivity index (χ2n) is 4.92. The highest BCUT2D eigenvalue weighted by atomic mass is 16.1. The lowest BCUT2D eigenvalue weighted by Crippen LogP contribution is -2.04. The zero-order valence-electron chi connectivity index (χ0n) is 10.6. The van der Waals surface area contributed by atoms with Gasteiger partial charge in [-0.25, -0.2) is 0 Å². The number of aldehydes is 1. The van der Waals surface area contributed by atoms with Crippen LogP contribution in [0, 0.1) is 6.92 Å². The fraction of sp³-hybridized carbons (Fsp3) is 0.267. The molecule has 3 rings (SSSR count). The van der Waals surface area contributed by atoms with Crippen molar-refractivity contribution in [3.8, 4) is 0 Å². The van der Waals surface area contributed by atoms with Gasteiger partial charge >= 0.3 is 0 Å². The Balaban J connectivity index is 2.06. The van der Waals surface area contributed by atoms with E-state index < -0.39 is 0 Å². The zero-order valence-corrected chi connectivity index (χ0v) is 10.6. The van der Waals surface area contributed by atoms with Crippen LogP contribution in [0.25, 0.3) is 0 Å². The Morgan fingerprint density at radius 1 is 1.47 bits per heavy atom. The summed E-state index contributed by atoms with van der Waals surface area (Å²) in [6.45, 7) is 1.82. The number of nitrogens with one attached hydrogen (secondary N) is 1. The summed E-state index contributed by atoms with van der Waals surface area (Å²) in [5, 5.41) is 0. The minimum atomic E-state index is -0.111. The summed E-state index contributed by atoms with van der Waals surface area (Å²) < 4.78 is 0. The van der Waals surface area contributed by atoms with Crippen LogP contribution in [0.3, 0.4) is 0 Å². The summed E-state index contributed by atoms with van der Waals surface area (Å²) in [6, 6.07) is 3.46. The number of carbonyl (C=O) groups excluding carboxylic acids is 2. The van der Waals surface area contributed by atoms with Crippen molar-refractivity contribution < 1.29 is 9.59 Å². The molecular formula is C15H14N2O2. The van der Waals surface area contributed by atoms with Crippen molar-refractivity contribution in [3.63, 3.8) is 0 Å². The zero-order chi connectivity index (χ0) is 13.4. The van der Waals surface area contributed by atoms with Gasteiger partial charge in [0, 0.05) is 29.2 Å². The van der Waals surface area contributed by atoms with Crippen LogP contribution in [-0.4, -0.2) is 22.0 Å². The molecule has 0 saturated heterocycles. The van der Waals surface area contributed by atoms with Gasteiger partial charge in [0.15, 0.2) is 6.29 Å². The van der Waals surface area contributed by atoms with Crippen LogP contribution in [0.1, 0.15) is 56.4 Å². The molecule has 0 amide bonds. The molecule has 1 N–H and O–H groups in total. The molecule has 4 heteroatoms. The van der Waals surface area contributed by atoms with Crippen LogP contribution >= 0.6 is 0 Å². The first kappa shape index (κ1) is 11.8. The number of hydrogen-bond acceptors (Lipinski definition) is 3. The quantitative estimate of drug-likeness (QED) is 0.674. The molecular weight excluding hydrogens is 240 g/mol. The van der Waals surface area contributed by atoms with Crippen molar-refractivity contribution in [1.29, 1.82) is 0 Å². The Morgan fingerprint density at radius 3 is 2.84 bits per heavy atom. The van der Waals surface area contributed by atoms with Crippen molar-refractivity contribution in [2.24, 2.45) is 0 Å². The SMILES string of the molecule is Cc1c(C(=O)c2cccnc2)[nH]c(C2CC2)c1C=O. The van der Waals surface area contributed by atoms with E-state index in [1.54, 1.807) is 24.5 Å². The van der Waals surface area contributed by atoms with E-state index >= 15 is 0 Å². The summed E-state index contributed by atoms with van der Waals surface area (Å²) in [4.78, 5) is 30.7. The minimum absolute atomic E-state index is 0.111. The molecule has 0 spiro atoms. The predicted molar refractivity (Wildman–Crippen MR) is 70.6 cm³/mol. The number of nitrogens with zero attached hydrogens (tertiary/aromatic N) is 1. The van der Waals surface area contributed by atoms with E-state index in [9.17, 15) is 9.59 Å².